The standard InChI is InChI=1S/C19H19F3N2O2/c20-19(21,22)15-6-2-1-5-14(15)17(13-8-10-23-11-9-13)24-12-4-3-7-16(24)18(25)26/h1-2,5-6,8-11,16-17H,3-4,7,12H2,(H,25,26). The second-order valence-electron chi connectivity index (χ2n) is 6.36. The molecule has 4 nitrogen and oxygen atoms in total. The van der Waals surface area contributed by atoms with E-state index in [9.17, 15) is 23.1 Å². The van der Waals surface area contributed by atoms with E-state index in [0.717, 1.165) is 18.9 Å². The summed E-state index contributed by atoms with van der Waals surface area (Å²) in [7, 11) is 0. The third kappa shape index (κ3) is 3.72. The second kappa shape index (κ2) is 7.45. The number of halogens is 3. The van der Waals surface area contributed by atoms with Gasteiger partial charge in [0.1, 0.15) is 6.04 Å². The van der Waals surface area contributed by atoms with Crippen LogP contribution < -0.4 is 0 Å². The normalized spacial score (nSPS) is 19.9. The average Bonchev–Trinajstić information content (AvgIpc) is 2.63. The number of nitrogens with zero attached hydrogens (tertiary/aromatic N) is 2. The van der Waals surface area contributed by atoms with Crippen LogP contribution in [0.4, 0.5) is 13.2 Å². The van der Waals surface area contributed by atoms with Crippen LogP contribution in [0.15, 0.2) is 48.8 Å². The van der Waals surface area contributed by atoms with Crippen LogP contribution in [0.3, 0.4) is 0 Å². The van der Waals surface area contributed by atoms with Crippen LogP contribution in [0.25, 0.3) is 0 Å². The summed E-state index contributed by atoms with van der Waals surface area (Å²) in [4.78, 5) is 17.3. The zero-order chi connectivity index (χ0) is 18.7. The van der Waals surface area contributed by atoms with Gasteiger partial charge in [0.05, 0.1) is 11.6 Å². The van der Waals surface area contributed by atoms with Gasteiger partial charge in [-0.25, -0.2) is 0 Å². The zero-order valence-corrected chi connectivity index (χ0v) is 14.0. The minimum absolute atomic E-state index is 0.0688. The predicted molar refractivity (Wildman–Crippen MR) is 89.5 cm³/mol. The molecule has 2 aromatic rings. The molecular weight excluding hydrogens is 345 g/mol. The molecule has 0 bridgehead atoms. The number of piperidine rings is 1. The van der Waals surface area contributed by atoms with Gasteiger partial charge in [-0.2, -0.15) is 13.2 Å². The van der Waals surface area contributed by atoms with Crippen molar-refractivity contribution in [1.82, 2.24) is 9.88 Å². The van der Waals surface area contributed by atoms with E-state index in [-0.39, 0.29) is 5.56 Å². The number of hydrogen-bond acceptors (Lipinski definition) is 3. The summed E-state index contributed by atoms with van der Waals surface area (Å²) in [6, 6.07) is 7.06. The molecular formula is C19H19F3N2O2. The number of benzene rings is 1. The molecule has 2 heterocycles. The molecule has 0 aliphatic carbocycles. The van der Waals surface area contributed by atoms with Gasteiger partial charge in [0.25, 0.3) is 0 Å². The average molecular weight is 364 g/mol. The highest BCUT2D eigenvalue weighted by atomic mass is 19.4. The number of alkyl halides is 3. The van der Waals surface area contributed by atoms with Gasteiger partial charge in [-0.15, -0.1) is 0 Å². The van der Waals surface area contributed by atoms with Crippen molar-refractivity contribution in [2.24, 2.45) is 0 Å². The van der Waals surface area contributed by atoms with Crippen LogP contribution in [-0.4, -0.2) is 33.5 Å². The molecule has 2 unspecified atom stereocenters. The van der Waals surface area contributed by atoms with E-state index in [2.05, 4.69) is 4.98 Å². The van der Waals surface area contributed by atoms with E-state index in [1.54, 1.807) is 23.1 Å². The number of likely N-dealkylation sites (tertiary alicyclic amines) is 1. The molecule has 1 aliphatic rings. The Morgan fingerprint density at radius 1 is 1.15 bits per heavy atom. The SMILES string of the molecule is O=C(O)C1CCCCN1C(c1ccncc1)c1ccccc1C(F)(F)F. The van der Waals surface area contributed by atoms with Crippen molar-refractivity contribution >= 4 is 5.97 Å². The van der Waals surface area contributed by atoms with Crippen molar-refractivity contribution in [3.63, 3.8) is 0 Å². The molecule has 1 fully saturated rings. The maximum atomic E-state index is 13.6. The molecule has 0 amide bonds. The van der Waals surface area contributed by atoms with Gasteiger partial charge < -0.3 is 5.11 Å². The fraction of sp³-hybridized carbons (Fsp3) is 0.368. The quantitative estimate of drug-likeness (QED) is 0.886. The third-order valence-corrected chi connectivity index (χ3v) is 4.74. The van der Waals surface area contributed by atoms with Crippen LogP contribution in [-0.2, 0) is 11.0 Å². The highest BCUT2D eigenvalue weighted by Crippen LogP contribution is 2.40. The zero-order valence-electron chi connectivity index (χ0n) is 14.0. The molecule has 26 heavy (non-hydrogen) atoms. The Balaban J connectivity index is 2.16. The van der Waals surface area contributed by atoms with Crippen LogP contribution in [0.5, 0.6) is 0 Å². The van der Waals surface area contributed by atoms with Crippen molar-refractivity contribution in [2.45, 2.75) is 37.5 Å². The monoisotopic (exact) mass is 364 g/mol. The van der Waals surface area contributed by atoms with Crippen LogP contribution in [0.1, 0.15) is 42.0 Å². The largest absolute Gasteiger partial charge is 0.480 e. The number of carboxylic acids is 1. The molecule has 0 saturated carbocycles. The van der Waals surface area contributed by atoms with Crippen LogP contribution >= 0.6 is 0 Å². The molecule has 2 atom stereocenters. The summed E-state index contributed by atoms with van der Waals surface area (Å²) in [6.45, 7) is 0.427. The van der Waals surface area contributed by atoms with Gasteiger partial charge >= 0.3 is 12.1 Å². The number of hydrogen-bond donors (Lipinski definition) is 1. The molecule has 138 valence electrons. The van der Waals surface area contributed by atoms with Gasteiger partial charge in [-0.05, 0) is 48.7 Å². The van der Waals surface area contributed by atoms with E-state index in [1.807, 2.05) is 0 Å². The van der Waals surface area contributed by atoms with E-state index in [0.29, 0.717) is 18.5 Å². The molecule has 1 aromatic heterocycles. The van der Waals surface area contributed by atoms with E-state index in [1.165, 1.54) is 24.5 Å². The summed E-state index contributed by atoms with van der Waals surface area (Å²) in [5.41, 5.74) is -0.0688. The summed E-state index contributed by atoms with van der Waals surface area (Å²) in [5, 5.41) is 9.60. The Kier molecular flexibility index (Phi) is 5.27. The van der Waals surface area contributed by atoms with Crippen molar-refractivity contribution in [3.05, 3.63) is 65.5 Å². The lowest BCUT2D eigenvalue weighted by Gasteiger charge is -2.40. The second-order valence-corrected chi connectivity index (χ2v) is 6.36. The minimum Gasteiger partial charge on any atom is -0.480 e. The lowest BCUT2D eigenvalue weighted by molar-refractivity contribution is -0.145. The van der Waals surface area contributed by atoms with Crippen molar-refractivity contribution in [3.8, 4) is 0 Å². The highest BCUT2D eigenvalue weighted by molar-refractivity contribution is 5.73. The molecule has 1 aromatic carbocycles. The number of pyridine rings is 1. The Bertz CT molecular complexity index is 765. The Hall–Kier alpha value is -2.41. The molecule has 0 spiro atoms. The van der Waals surface area contributed by atoms with Crippen molar-refractivity contribution in [2.75, 3.05) is 6.54 Å². The Morgan fingerprint density at radius 2 is 1.85 bits per heavy atom. The van der Waals surface area contributed by atoms with Crippen molar-refractivity contribution < 1.29 is 23.1 Å². The predicted octanol–water partition coefficient (Wildman–Crippen LogP) is 4.13. The topological polar surface area (TPSA) is 53.4 Å². The third-order valence-electron chi connectivity index (χ3n) is 4.74. The maximum absolute atomic E-state index is 13.6. The van der Waals surface area contributed by atoms with Gasteiger partial charge in [0.2, 0.25) is 0 Å². The van der Waals surface area contributed by atoms with Crippen LogP contribution in [0.2, 0.25) is 0 Å². The number of carboxylic acid groups (broad SMARTS) is 1. The summed E-state index contributed by atoms with van der Waals surface area (Å²) in [5.74, 6) is -1.01. The van der Waals surface area contributed by atoms with E-state index < -0.39 is 29.8 Å². The maximum Gasteiger partial charge on any atom is 0.416 e. The van der Waals surface area contributed by atoms with Gasteiger partial charge in [0.15, 0.2) is 0 Å². The molecule has 7 heteroatoms. The fourth-order valence-electron chi connectivity index (χ4n) is 3.62. The van der Waals surface area contributed by atoms with E-state index in [4.69, 9.17) is 0 Å². The summed E-state index contributed by atoms with van der Waals surface area (Å²) in [6.07, 6.45) is 0.426. The van der Waals surface area contributed by atoms with Gasteiger partial charge in [0, 0.05) is 12.4 Å². The van der Waals surface area contributed by atoms with Gasteiger partial charge in [-0.3, -0.25) is 14.7 Å². The highest BCUT2D eigenvalue weighted by Gasteiger charge is 2.40. The number of rotatable bonds is 4. The minimum atomic E-state index is -4.52. The molecule has 0 radical (unpaired) electrons. The summed E-state index contributed by atoms with van der Waals surface area (Å²) < 4.78 is 40.8. The van der Waals surface area contributed by atoms with E-state index >= 15 is 0 Å². The molecule has 3 rings (SSSR count). The first-order valence-electron chi connectivity index (χ1n) is 8.44. The lowest BCUT2D eigenvalue weighted by atomic mass is 9.89. The first kappa shape index (κ1) is 18.4. The Morgan fingerprint density at radius 3 is 2.50 bits per heavy atom. The lowest BCUT2D eigenvalue weighted by Crippen LogP contribution is -2.47. The number of carbonyl (C=O) groups is 1. The first-order chi connectivity index (χ1) is 12.4. The van der Waals surface area contributed by atoms with Crippen LogP contribution in [0, 0.1) is 0 Å². The summed E-state index contributed by atoms with van der Waals surface area (Å²) >= 11 is 0. The number of aromatic nitrogens is 1. The smallest absolute Gasteiger partial charge is 0.416 e. The van der Waals surface area contributed by atoms with Crippen molar-refractivity contribution in [1.29, 1.82) is 0 Å². The Labute approximate surface area is 149 Å². The van der Waals surface area contributed by atoms with Gasteiger partial charge in [-0.1, -0.05) is 24.6 Å². The fourth-order valence-corrected chi connectivity index (χ4v) is 3.62. The molecule has 1 aliphatic heterocycles. The molecule has 1 saturated heterocycles. The first-order valence-corrected chi connectivity index (χ1v) is 8.44. The number of aliphatic carboxylic acids is 1. The molecule has 1 N–H and O–H groups in total.